The summed E-state index contributed by atoms with van der Waals surface area (Å²) in [5.41, 5.74) is 16.6. The van der Waals surface area contributed by atoms with Crippen LogP contribution < -0.4 is 4.90 Å². The molecule has 0 amide bonds. The van der Waals surface area contributed by atoms with Crippen molar-refractivity contribution in [3.63, 3.8) is 0 Å². The van der Waals surface area contributed by atoms with E-state index in [0.717, 1.165) is 44.7 Å². The summed E-state index contributed by atoms with van der Waals surface area (Å²) in [5, 5.41) is 12.7. The monoisotopic (exact) mass is 703 g/mol. The normalized spacial score (nSPS) is 13.0. The molecule has 0 atom stereocenters. The Balaban J connectivity index is 1.04. The SMILES string of the molecule is CC1(C)c2ccccc2N(c2ccccc2)c2c(-c3ccc(-c4ccc(-c5cccc(C#N)c5-n5c6ccccc6c6ccccc65)cc4)cc3)cccc21. The Hall–Kier alpha value is -7.15. The third kappa shape index (κ3) is 5.11. The lowest BCUT2D eigenvalue weighted by atomic mass is 9.72. The van der Waals surface area contributed by atoms with E-state index in [1.54, 1.807) is 0 Å². The molecule has 0 saturated heterocycles. The second-order valence-electron chi connectivity index (χ2n) is 14.9. The van der Waals surface area contributed by atoms with Gasteiger partial charge in [-0.25, -0.2) is 0 Å². The van der Waals surface area contributed by atoms with Crippen LogP contribution in [0.5, 0.6) is 0 Å². The van der Waals surface area contributed by atoms with Crippen LogP contribution in [0.25, 0.3) is 60.9 Å². The van der Waals surface area contributed by atoms with E-state index in [-0.39, 0.29) is 5.41 Å². The third-order valence-corrected chi connectivity index (χ3v) is 11.5. The summed E-state index contributed by atoms with van der Waals surface area (Å²) in [4.78, 5) is 2.44. The van der Waals surface area contributed by atoms with E-state index in [1.165, 1.54) is 44.4 Å². The van der Waals surface area contributed by atoms with Crippen LogP contribution in [0, 0.1) is 11.3 Å². The largest absolute Gasteiger partial charge is 0.309 e. The molecule has 0 unspecified atom stereocenters. The van der Waals surface area contributed by atoms with Gasteiger partial charge in [-0.3, -0.25) is 0 Å². The molecule has 0 spiro atoms. The van der Waals surface area contributed by atoms with Crippen molar-refractivity contribution < 1.29 is 0 Å². The lowest BCUT2D eigenvalue weighted by molar-refractivity contribution is 0.632. The molecule has 1 aliphatic heterocycles. The number of para-hydroxylation sites is 6. The molecule has 3 nitrogen and oxygen atoms in total. The van der Waals surface area contributed by atoms with Crippen LogP contribution in [0.15, 0.2) is 188 Å². The highest BCUT2D eigenvalue weighted by molar-refractivity contribution is 6.10. The van der Waals surface area contributed by atoms with Gasteiger partial charge in [-0.05, 0) is 69.8 Å². The summed E-state index contributed by atoms with van der Waals surface area (Å²) in [7, 11) is 0. The number of hydrogen-bond acceptors (Lipinski definition) is 2. The first-order valence-electron chi connectivity index (χ1n) is 18.8. The minimum absolute atomic E-state index is 0.164. The van der Waals surface area contributed by atoms with Crippen LogP contribution in [-0.4, -0.2) is 4.57 Å². The molecule has 8 aromatic carbocycles. The standard InChI is InChI=1S/C52H37N3/c1-52(2)45-21-8-11-25-49(45)54(40-15-4-3-5-16-40)51-42(20-13-22-46(51)52)38-32-28-36(29-33-38)35-26-30-37(31-27-35)41-19-12-14-39(34-53)50(41)55-47-23-9-6-17-43(47)44-18-7-10-24-48(44)55/h3-33H,1-2H3. The second kappa shape index (κ2) is 12.8. The van der Waals surface area contributed by atoms with Gasteiger partial charge in [0.2, 0.25) is 0 Å². The van der Waals surface area contributed by atoms with E-state index in [1.807, 2.05) is 12.1 Å². The van der Waals surface area contributed by atoms with Crippen molar-refractivity contribution in [3.8, 4) is 45.1 Å². The van der Waals surface area contributed by atoms with Crippen LogP contribution in [-0.2, 0) is 5.41 Å². The van der Waals surface area contributed by atoms with Crippen molar-refractivity contribution in [2.75, 3.05) is 4.90 Å². The fourth-order valence-corrected chi connectivity index (χ4v) is 8.79. The second-order valence-corrected chi connectivity index (χ2v) is 14.9. The first-order valence-corrected chi connectivity index (χ1v) is 18.8. The van der Waals surface area contributed by atoms with E-state index in [2.05, 4.69) is 205 Å². The first-order chi connectivity index (χ1) is 27.0. The predicted molar refractivity (Wildman–Crippen MR) is 229 cm³/mol. The number of nitriles is 1. The Morgan fingerprint density at radius 1 is 0.436 bits per heavy atom. The highest BCUT2D eigenvalue weighted by Gasteiger charge is 2.38. The van der Waals surface area contributed by atoms with Gasteiger partial charge in [0, 0.05) is 33.0 Å². The molecular weight excluding hydrogens is 667 g/mol. The van der Waals surface area contributed by atoms with Crippen molar-refractivity contribution in [1.29, 1.82) is 5.26 Å². The number of rotatable bonds is 5. The number of hydrogen-bond donors (Lipinski definition) is 0. The Bertz CT molecular complexity index is 2890. The summed E-state index contributed by atoms with van der Waals surface area (Å²) >= 11 is 0. The van der Waals surface area contributed by atoms with Crippen molar-refractivity contribution in [2.45, 2.75) is 19.3 Å². The highest BCUT2D eigenvalue weighted by atomic mass is 15.2. The minimum Gasteiger partial charge on any atom is -0.309 e. The van der Waals surface area contributed by atoms with Crippen LogP contribution in [0.2, 0.25) is 0 Å². The molecule has 0 bridgehead atoms. The average Bonchev–Trinajstić information content (AvgIpc) is 3.58. The van der Waals surface area contributed by atoms with Crippen LogP contribution in [0.4, 0.5) is 17.1 Å². The van der Waals surface area contributed by atoms with Crippen LogP contribution >= 0.6 is 0 Å². The lowest BCUT2D eigenvalue weighted by Gasteiger charge is -2.43. The molecule has 1 aliphatic rings. The van der Waals surface area contributed by atoms with E-state index < -0.39 is 0 Å². The molecule has 260 valence electrons. The smallest absolute Gasteiger partial charge is 0.101 e. The molecule has 3 heteroatoms. The zero-order valence-electron chi connectivity index (χ0n) is 30.7. The van der Waals surface area contributed by atoms with Gasteiger partial charge < -0.3 is 9.47 Å². The summed E-state index contributed by atoms with van der Waals surface area (Å²) in [6.07, 6.45) is 0. The van der Waals surface area contributed by atoms with Crippen molar-refractivity contribution >= 4 is 38.9 Å². The van der Waals surface area contributed by atoms with Crippen LogP contribution in [0.1, 0.15) is 30.5 Å². The zero-order chi connectivity index (χ0) is 37.1. The summed E-state index contributed by atoms with van der Waals surface area (Å²) in [5.74, 6) is 0. The highest BCUT2D eigenvalue weighted by Crippen LogP contribution is 2.54. The van der Waals surface area contributed by atoms with Gasteiger partial charge >= 0.3 is 0 Å². The van der Waals surface area contributed by atoms with E-state index >= 15 is 0 Å². The van der Waals surface area contributed by atoms with E-state index in [4.69, 9.17) is 0 Å². The zero-order valence-corrected chi connectivity index (χ0v) is 30.7. The predicted octanol–water partition coefficient (Wildman–Crippen LogP) is 13.8. The molecule has 9 aromatic rings. The van der Waals surface area contributed by atoms with Crippen molar-refractivity contribution in [2.24, 2.45) is 0 Å². The Kier molecular flexibility index (Phi) is 7.54. The van der Waals surface area contributed by atoms with Crippen molar-refractivity contribution in [3.05, 3.63) is 205 Å². The van der Waals surface area contributed by atoms with Gasteiger partial charge in [0.15, 0.2) is 0 Å². The van der Waals surface area contributed by atoms with Gasteiger partial charge in [-0.15, -0.1) is 0 Å². The number of nitrogens with zero attached hydrogens (tertiary/aromatic N) is 3. The fraction of sp³-hybridized carbons (Fsp3) is 0.0577. The third-order valence-electron chi connectivity index (χ3n) is 11.5. The molecule has 0 saturated carbocycles. The van der Waals surface area contributed by atoms with Crippen molar-refractivity contribution in [1.82, 2.24) is 4.57 Å². The average molecular weight is 704 g/mol. The molecule has 0 fully saturated rings. The first kappa shape index (κ1) is 32.5. The van der Waals surface area contributed by atoms with Gasteiger partial charge in [0.05, 0.1) is 33.7 Å². The minimum atomic E-state index is -0.164. The van der Waals surface area contributed by atoms with E-state index in [9.17, 15) is 5.26 Å². The van der Waals surface area contributed by atoms with Gasteiger partial charge in [0.25, 0.3) is 0 Å². The maximum Gasteiger partial charge on any atom is 0.101 e. The van der Waals surface area contributed by atoms with Crippen LogP contribution in [0.3, 0.4) is 0 Å². The topological polar surface area (TPSA) is 32.0 Å². The Labute approximate surface area is 321 Å². The molecule has 1 aromatic heterocycles. The molecule has 2 heterocycles. The molecule has 10 rings (SSSR count). The summed E-state index contributed by atoms with van der Waals surface area (Å²) in [6, 6.07) is 69.4. The van der Waals surface area contributed by atoms with Gasteiger partial charge in [-0.2, -0.15) is 5.26 Å². The molecule has 0 N–H and O–H groups in total. The Morgan fingerprint density at radius 2 is 0.927 bits per heavy atom. The van der Waals surface area contributed by atoms with Gasteiger partial charge in [0.1, 0.15) is 6.07 Å². The summed E-state index contributed by atoms with van der Waals surface area (Å²) < 4.78 is 2.26. The molecule has 0 aliphatic carbocycles. The fourth-order valence-electron chi connectivity index (χ4n) is 8.79. The molecule has 55 heavy (non-hydrogen) atoms. The Morgan fingerprint density at radius 3 is 1.55 bits per heavy atom. The summed E-state index contributed by atoms with van der Waals surface area (Å²) in [6.45, 7) is 4.68. The lowest BCUT2D eigenvalue weighted by Crippen LogP contribution is -2.31. The van der Waals surface area contributed by atoms with Gasteiger partial charge in [-0.1, -0.05) is 166 Å². The molecular formula is C52H37N3. The number of fused-ring (bicyclic) bond motifs is 5. The molecule has 0 radical (unpaired) electrons. The number of aromatic nitrogens is 1. The maximum atomic E-state index is 10.4. The quantitative estimate of drug-likeness (QED) is 0.179. The number of benzene rings is 8. The maximum absolute atomic E-state index is 10.4. The van der Waals surface area contributed by atoms with E-state index in [0.29, 0.717) is 5.56 Å². The number of anilines is 3.